The topological polar surface area (TPSA) is 61.4 Å². The Labute approximate surface area is 143 Å². The molecule has 0 spiro atoms. The summed E-state index contributed by atoms with van der Waals surface area (Å²) >= 11 is 6.03. The summed E-state index contributed by atoms with van der Waals surface area (Å²) in [4.78, 5) is 12.5. The standard InChI is InChI=1S/C16H23ClN2O2.ClH/c1-10(2)15(11-4-3-5-13(17)6-11)16(21)19-8-12-7-18-9-14(12)20;/h3-6,10,12,14-15,18,20H,7-9H2,1-2H3,(H,19,21);1H. The summed E-state index contributed by atoms with van der Waals surface area (Å²) < 4.78 is 0. The Kier molecular flexibility index (Phi) is 7.63. The predicted octanol–water partition coefficient (Wildman–Crippen LogP) is 2.20. The molecule has 2 rings (SSSR count). The summed E-state index contributed by atoms with van der Waals surface area (Å²) in [6.07, 6.45) is -0.381. The van der Waals surface area contributed by atoms with Crippen molar-refractivity contribution in [2.24, 2.45) is 11.8 Å². The molecule has 1 heterocycles. The van der Waals surface area contributed by atoms with Gasteiger partial charge in [-0.05, 0) is 23.6 Å². The molecule has 1 aliphatic rings. The van der Waals surface area contributed by atoms with Gasteiger partial charge in [0.25, 0.3) is 0 Å². The fraction of sp³-hybridized carbons (Fsp3) is 0.562. The van der Waals surface area contributed by atoms with Crippen LogP contribution in [0.15, 0.2) is 24.3 Å². The Morgan fingerprint density at radius 2 is 2.18 bits per heavy atom. The molecule has 22 heavy (non-hydrogen) atoms. The van der Waals surface area contributed by atoms with E-state index in [1.165, 1.54) is 0 Å². The van der Waals surface area contributed by atoms with E-state index in [9.17, 15) is 9.90 Å². The number of carbonyl (C=O) groups excluding carboxylic acids is 1. The average Bonchev–Trinajstić information content (AvgIpc) is 2.82. The second-order valence-corrected chi connectivity index (χ2v) is 6.44. The highest BCUT2D eigenvalue weighted by Crippen LogP contribution is 2.27. The zero-order valence-electron chi connectivity index (χ0n) is 12.9. The van der Waals surface area contributed by atoms with Crippen LogP contribution in [-0.4, -0.2) is 36.8 Å². The number of β-amino-alcohol motifs (C(OH)–C–C–N with tert-alkyl or cyclic N) is 1. The van der Waals surface area contributed by atoms with Crippen LogP contribution in [0.25, 0.3) is 0 Å². The van der Waals surface area contributed by atoms with Crippen molar-refractivity contribution in [2.45, 2.75) is 25.9 Å². The van der Waals surface area contributed by atoms with Gasteiger partial charge in [-0.15, -0.1) is 12.4 Å². The number of carbonyl (C=O) groups is 1. The summed E-state index contributed by atoms with van der Waals surface area (Å²) in [6.45, 7) is 5.89. The number of halogens is 2. The van der Waals surface area contributed by atoms with Gasteiger partial charge in [0, 0.05) is 30.6 Å². The van der Waals surface area contributed by atoms with Gasteiger partial charge in [-0.1, -0.05) is 37.6 Å². The second-order valence-electron chi connectivity index (χ2n) is 6.01. The highest BCUT2D eigenvalue weighted by atomic mass is 35.5. The molecule has 1 saturated heterocycles. The highest BCUT2D eigenvalue weighted by molar-refractivity contribution is 6.30. The van der Waals surface area contributed by atoms with Gasteiger partial charge in [0.1, 0.15) is 0 Å². The number of aliphatic hydroxyl groups is 1. The first-order valence-electron chi connectivity index (χ1n) is 7.41. The summed E-state index contributed by atoms with van der Waals surface area (Å²) in [5.74, 6) is 0.0257. The summed E-state index contributed by atoms with van der Waals surface area (Å²) in [5.41, 5.74) is 0.931. The molecule has 0 aromatic heterocycles. The molecule has 124 valence electrons. The number of nitrogens with one attached hydrogen (secondary N) is 2. The molecule has 1 fully saturated rings. The van der Waals surface area contributed by atoms with Crippen molar-refractivity contribution in [3.63, 3.8) is 0 Å². The SMILES string of the molecule is CC(C)C(C(=O)NCC1CNCC1O)c1cccc(Cl)c1.Cl. The normalized spacial score (nSPS) is 22.2. The van der Waals surface area contributed by atoms with Crippen LogP contribution in [0, 0.1) is 11.8 Å². The lowest BCUT2D eigenvalue weighted by molar-refractivity contribution is -0.123. The van der Waals surface area contributed by atoms with E-state index in [0.717, 1.165) is 12.1 Å². The number of amides is 1. The first-order chi connectivity index (χ1) is 9.99. The Morgan fingerprint density at radius 3 is 2.73 bits per heavy atom. The number of hydrogen-bond donors (Lipinski definition) is 3. The Bertz CT molecular complexity index is 497. The third-order valence-corrected chi connectivity index (χ3v) is 4.23. The van der Waals surface area contributed by atoms with E-state index in [1.54, 1.807) is 6.07 Å². The van der Waals surface area contributed by atoms with Crippen molar-refractivity contribution >= 4 is 29.9 Å². The van der Waals surface area contributed by atoms with Crippen LogP contribution in [-0.2, 0) is 4.79 Å². The Morgan fingerprint density at radius 1 is 1.45 bits per heavy atom. The molecule has 3 unspecified atom stereocenters. The molecule has 1 aliphatic heterocycles. The first-order valence-corrected chi connectivity index (χ1v) is 7.78. The molecule has 1 amide bonds. The van der Waals surface area contributed by atoms with Crippen molar-refractivity contribution < 1.29 is 9.90 Å². The van der Waals surface area contributed by atoms with E-state index in [2.05, 4.69) is 10.6 Å². The molecule has 0 radical (unpaired) electrons. The predicted molar refractivity (Wildman–Crippen MR) is 91.7 cm³/mol. The largest absolute Gasteiger partial charge is 0.391 e. The van der Waals surface area contributed by atoms with Crippen molar-refractivity contribution in [3.8, 4) is 0 Å². The van der Waals surface area contributed by atoms with E-state index in [1.807, 2.05) is 32.0 Å². The molecule has 1 aromatic carbocycles. The maximum atomic E-state index is 12.5. The zero-order chi connectivity index (χ0) is 15.4. The Hall–Kier alpha value is -0.810. The lowest BCUT2D eigenvalue weighted by atomic mass is 9.87. The van der Waals surface area contributed by atoms with E-state index in [-0.39, 0.29) is 42.2 Å². The molecule has 4 nitrogen and oxygen atoms in total. The van der Waals surface area contributed by atoms with Gasteiger partial charge in [0.05, 0.1) is 12.0 Å². The average molecular weight is 347 g/mol. The number of rotatable bonds is 5. The minimum atomic E-state index is -0.381. The summed E-state index contributed by atoms with van der Waals surface area (Å²) in [7, 11) is 0. The molecular weight excluding hydrogens is 323 g/mol. The third-order valence-electron chi connectivity index (χ3n) is 4.00. The van der Waals surface area contributed by atoms with Crippen LogP contribution < -0.4 is 10.6 Å². The lowest BCUT2D eigenvalue weighted by Crippen LogP contribution is -2.38. The smallest absolute Gasteiger partial charge is 0.227 e. The molecule has 3 N–H and O–H groups in total. The van der Waals surface area contributed by atoms with Crippen LogP contribution in [0.4, 0.5) is 0 Å². The van der Waals surface area contributed by atoms with Gasteiger partial charge in [-0.25, -0.2) is 0 Å². The quantitative estimate of drug-likeness (QED) is 0.765. The van der Waals surface area contributed by atoms with Gasteiger partial charge >= 0.3 is 0 Å². The number of aliphatic hydroxyl groups excluding tert-OH is 1. The molecule has 0 saturated carbocycles. The van der Waals surface area contributed by atoms with E-state index in [4.69, 9.17) is 11.6 Å². The highest BCUT2D eigenvalue weighted by Gasteiger charge is 2.28. The fourth-order valence-corrected chi connectivity index (χ4v) is 3.01. The number of hydrogen-bond acceptors (Lipinski definition) is 3. The van der Waals surface area contributed by atoms with Gasteiger partial charge in [-0.2, -0.15) is 0 Å². The second kappa shape index (κ2) is 8.73. The van der Waals surface area contributed by atoms with Crippen molar-refractivity contribution in [1.82, 2.24) is 10.6 Å². The molecule has 0 aliphatic carbocycles. The van der Waals surface area contributed by atoms with E-state index < -0.39 is 0 Å². The fourth-order valence-electron chi connectivity index (χ4n) is 2.81. The monoisotopic (exact) mass is 346 g/mol. The molecule has 3 atom stereocenters. The lowest BCUT2D eigenvalue weighted by Gasteiger charge is -2.22. The van der Waals surface area contributed by atoms with Crippen molar-refractivity contribution in [3.05, 3.63) is 34.9 Å². The maximum absolute atomic E-state index is 12.5. The summed E-state index contributed by atoms with van der Waals surface area (Å²) in [5, 5.41) is 16.5. The molecular formula is C16H24Cl2N2O2. The maximum Gasteiger partial charge on any atom is 0.227 e. The molecule has 6 heteroatoms. The van der Waals surface area contributed by atoms with Crippen LogP contribution >= 0.6 is 24.0 Å². The van der Waals surface area contributed by atoms with Gasteiger partial charge in [0.15, 0.2) is 0 Å². The summed E-state index contributed by atoms with van der Waals surface area (Å²) in [6, 6.07) is 7.45. The van der Waals surface area contributed by atoms with Gasteiger partial charge in [-0.3, -0.25) is 4.79 Å². The first kappa shape index (κ1) is 19.2. The van der Waals surface area contributed by atoms with Crippen LogP contribution in [0.3, 0.4) is 0 Å². The third kappa shape index (κ3) is 4.85. The molecule has 0 bridgehead atoms. The van der Waals surface area contributed by atoms with E-state index >= 15 is 0 Å². The van der Waals surface area contributed by atoms with Gasteiger partial charge < -0.3 is 15.7 Å². The minimum absolute atomic E-state index is 0. The van der Waals surface area contributed by atoms with Crippen molar-refractivity contribution in [2.75, 3.05) is 19.6 Å². The Balaban J connectivity index is 0.00000242. The van der Waals surface area contributed by atoms with Crippen molar-refractivity contribution in [1.29, 1.82) is 0 Å². The van der Waals surface area contributed by atoms with Crippen LogP contribution in [0.5, 0.6) is 0 Å². The van der Waals surface area contributed by atoms with Gasteiger partial charge in [0.2, 0.25) is 5.91 Å². The van der Waals surface area contributed by atoms with Crippen LogP contribution in [0.1, 0.15) is 25.3 Å². The molecule has 1 aromatic rings. The minimum Gasteiger partial charge on any atom is -0.391 e. The zero-order valence-corrected chi connectivity index (χ0v) is 14.5. The number of benzene rings is 1. The van der Waals surface area contributed by atoms with E-state index in [0.29, 0.717) is 18.1 Å². The van der Waals surface area contributed by atoms with Crippen LogP contribution in [0.2, 0.25) is 5.02 Å².